The highest BCUT2D eigenvalue weighted by atomic mass is 16.3. The topological polar surface area (TPSA) is 26.7 Å². The van der Waals surface area contributed by atoms with Gasteiger partial charge in [-0.2, -0.15) is 0 Å². The van der Waals surface area contributed by atoms with Crippen LogP contribution in [0.3, 0.4) is 0 Å². The molecule has 68 valence electrons. The summed E-state index contributed by atoms with van der Waals surface area (Å²) in [4.78, 5) is 4.16. The Labute approximate surface area is 69.6 Å². The van der Waals surface area contributed by atoms with Crippen LogP contribution in [0.1, 0.15) is 13.3 Å². The molecule has 0 aliphatic rings. The first-order valence-electron chi connectivity index (χ1n) is 4.18. The average Bonchev–Trinajstić information content (AvgIpc) is 2.01. The molecule has 0 unspecified atom stereocenters. The zero-order chi connectivity index (χ0) is 8.69. The van der Waals surface area contributed by atoms with Crippen molar-refractivity contribution in [1.29, 1.82) is 0 Å². The number of aliphatic hydroxyl groups excluding tert-OH is 1. The molecule has 0 fully saturated rings. The first-order chi connectivity index (χ1) is 5.20. The van der Waals surface area contributed by atoms with E-state index in [1.165, 1.54) is 6.42 Å². The van der Waals surface area contributed by atoms with Gasteiger partial charge in [0.25, 0.3) is 0 Å². The van der Waals surface area contributed by atoms with Crippen LogP contribution in [0.2, 0.25) is 0 Å². The summed E-state index contributed by atoms with van der Waals surface area (Å²) in [5, 5.41) is 8.68. The van der Waals surface area contributed by atoms with Gasteiger partial charge in [0.2, 0.25) is 0 Å². The SMILES string of the molecule is CCCN(C)CCN(C)CO. The van der Waals surface area contributed by atoms with E-state index in [0.29, 0.717) is 0 Å². The largest absolute Gasteiger partial charge is 0.381 e. The summed E-state index contributed by atoms with van der Waals surface area (Å²) in [5.74, 6) is 0. The van der Waals surface area contributed by atoms with Crippen LogP contribution in [-0.2, 0) is 0 Å². The van der Waals surface area contributed by atoms with E-state index in [4.69, 9.17) is 5.11 Å². The van der Waals surface area contributed by atoms with Crippen molar-refractivity contribution in [3.63, 3.8) is 0 Å². The van der Waals surface area contributed by atoms with Crippen molar-refractivity contribution < 1.29 is 5.11 Å². The van der Waals surface area contributed by atoms with E-state index in [2.05, 4.69) is 18.9 Å². The first-order valence-corrected chi connectivity index (χ1v) is 4.18. The molecule has 0 aromatic rings. The van der Waals surface area contributed by atoms with Gasteiger partial charge in [-0.05, 0) is 27.1 Å². The normalized spacial score (nSPS) is 11.5. The van der Waals surface area contributed by atoms with Crippen LogP contribution in [0.15, 0.2) is 0 Å². The van der Waals surface area contributed by atoms with Gasteiger partial charge in [0.05, 0.1) is 6.73 Å². The summed E-state index contributed by atoms with van der Waals surface area (Å²) >= 11 is 0. The number of hydrogen-bond acceptors (Lipinski definition) is 3. The molecular weight excluding hydrogens is 140 g/mol. The van der Waals surface area contributed by atoms with E-state index >= 15 is 0 Å². The zero-order valence-corrected chi connectivity index (χ0v) is 7.88. The molecular formula is C8H20N2O. The molecule has 0 atom stereocenters. The Morgan fingerprint density at radius 1 is 1.00 bits per heavy atom. The van der Waals surface area contributed by atoms with Gasteiger partial charge >= 0.3 is 0 Å². The minimum Gasteiger partial charge on any atom is -0.381 e. The Kier molecular flexibility index (Phi) is 6.51. The molecule has 3 heteroatoms. The third-order valence-electron chi connectivity index (χ3n) is 1.71. The Hall–Kier alpha value is -0.120. The number of aliphatic hydroxyl groups is 1. The fraction of sp³-hybridized carbons (Fsp3) is 1.00. The summed E-state index contributed by atoms with van der Waals surface area (Å²) < 4.78 is 0. The third-order valence-corrected chi connectivity index (χ3v) is 1.71. The van der Waals surface area contributed by atoms with Gasteiger partial charge in [0.15, 0.2) is 0 Å². The van der Waals surface area contributed by atoms with Gasteiger partial charge in [-0.15, -0.1) is 0 Å². The molecule has 0 aliphatic carbocycles. The molecule has 0 saturated heterocycles. The molecule has 0 saturated carbocycles. The van der Waals surface area contributed by atoms with Crippen molar-refractivity contribution in [2.45, 2.75) is 13.3 Å². The maximum atomic E-state index is 8.68. The van der Waals surface area contributed by atoms with Crippen molar-refractivity contribution in [2.75, 3.05) is 40.5 Å². The van der Waals surface area contributed by atoms with Gasteiger partial charge in [-0.3, -0.25) is 4.90 Å². The Bertz CT molecular complexity index is 88.2. The van der Waals surface area contributed by atoms with Crippen LogP contribution in [0.5, 0.6) is 0 Å². The van der Waals surface area contributed by atoms with Crippen LogP contribution >= 0.6 is 0 Å². The minimum atomic E-state index is 0.153. The monoisotopic (exact) mass is 160 g/mol. The van der Waals surface area contributed by atoms with Crippen molar-refractivity contribution in [2.24, 2.45) is 0 Å². The molecule has 0 heterocycles. The lowest BCUT2D eigenvalue weighted by Gasteiger charge is -2.19. The molecule has 0 spiro atoms. The molecule has 3 nitrogen and oxygen atoms in total. The summed E-state index contributed by atoms with van der Waals surface area (Å²) in [6.07, 6.45) is 1.19. The van der Waals surface area contributed by atoms with E-state index in [-0.39, 0.29) is 6.73 Å². The predicted molar refractivity (Wildman–Crippen MR) is 47.5 cm³/mol. The van der Waals surface area contributed by atoms with Crippen LogP contribution in [0.25, 0.3) is 0 Å². The minimum absolute atomic E-state index is 0.153. The average molecular weight is 160 g/mol. The Balaban J connectivity index is 3.22. The van der Waals surface area contributed by atoms with Crippen molar-refractivity contribution in [3.8, 4) is 0 Å². The standard InChI is InChI=1S/C8H20N2O/c1-4-5-9(2)6-7-10(3)8-11/h11H,4-8H2,1-3H3. The molecule has 0 rings (SSSR count). The molecule has 0 aromatic heterocycles. The molecule has 0 radical (unpaired) electrons. The van der Waals surface area contributed by atoms with Crippen molar-refractivity contribution in [1.82, 2.24) is 9.80 Å². The highest BCUT2D eigenvalue weighted by Gasteiger charge is 1.98. The van der Waals surface area contributed by atoms with E-state index in [9.17, 15) is 0 Å². The number of likely N-dealkylation sites (N-methyl/N-ethyl adjacent to an activating group) is 2. The highest BCUT2D eigenvalue weighted by Crippen LogP contribution is 1.87. The van der Waals surface area contributed by atoms with E-state index in [1.807, 2.05) is 11.9 Å². The summed E-state index contributed by atoms with van der Waals surface area (Å²) in [6.45, 7) is 5.43. The van der Waals surface area contributed by atoms with Gasteiger partial charge in [0, 0.05) is 13.1 Å². The lowest BCUT2D eigenvalue weighted by molar-refractivity contribution is 0.122. The molecule has 0 bridgehead atoms. The van der Waals surface area contributed by atoms with Crippen LogP contribution in [0, 0.1) is 0 Å². The van der Waals surface area contributed by atoms with E-state index in [0.717, 1.165) is 19.6 Å². The lowest BCUT2D eigenvalue weighted by atomic mass is 10.4. The highest BCUT2D eigenvalue weighted by molar-refractivity contribution is 4.52. The third kappa shape index (κ3) is 6.28. The van der Waals surface area contributed by atoms with Gasteiger partial charge in [0.1, 0.15) is 0 Å². The molecule has 0 aromatic carbocycles. The van der Waals surface area contributed by atoms with Crippen LogP contribution < -0.4 is 0 Å². The Morgan fingerprint density at radius 3 is 2.00 bits per heavy atom. The fourth-order valence-corrected chi connectivity index (χ4v) is 0.906. The maximum absolute atomic E-state index is 8.68. The summed E-state index contributed by atoms with van der Waals surface area (Å²) in [5.41, 5.74) is 0. The first kappa shape index (κ1) is 10.9. The quantitative estimate of drug-likeness (QED) is 0.563. The van der Waals surface area contributed by atoms with Crippen LogP contribution in [-0.4, -0.2) is 55.4 Å². The van der Waals surface area contributed by atoms with Crippen molar-refractivity contribution in [3.05, 3.63) is 0 Å². The smallest absolute Gasteiger partial charge is 0.0954 e. The van der Waals surface area contributed by atoms with Gasteiger partial charge < -0.3 is 10.0 Å². The second-order valence-electron chi connectivity index (χ2n) is 3.02. The van der Waals surface area contributed by atoms with E-state index in [1.54, 1.807) is 0 Å². The summed E-state index contributed by atoms with van der Waals surface area (Å²) in [6, 6.07) is 0. The predicted octanol–water partition coefficient (Wildman–Crippen LogP) is 0.210. The maximum Gasteiger partial charge on any atom is 0.0954 e. The van der Waals surface area contributed by atoms with Gasteiger partial charge in [-0.1, -0.05) is 6.92 Å². The summed E-state index contributed by atoms with van der Waals surface area (Å²) in [7, 11) is 4.02. The van der Waals surface area contributed by atoms with Gasteiger partial charge in [-0.25, -0.2) is 0 Å². The number of hydrogen-bond donors (Lipinski definition) is 1. The molecule has 0 amide bonds. The second-order valence-corrected chi connectivity index (χ2v) is 3.02. The molecule has 11 heavy (non-hydrogen) atoms. The number of rotatable bonds is 6. The van der Waals surface area contributed by atoms with E-state index < -0.39 is 0 Å². The zero-order valence-electron chi connectivity index (χ0n) is 7.88. The molecule has 1 N–H and O–H groups in total. The lowest BCUT2D eigenvalue weighted by Crippen LogP contribution is -2.31. The molecule has 0 aliphatic heterocycles. The Morgan fingerprint density at radius 2 is 1.55 bits per heavy atom. The van der Waals surface area contributed by atoms with Crippen molar-refractivity contribution >= 4 is 0 Å². The van der Waals surface area contributed by atoms with Crippen LogP contribution in [0.4, 0.5) is 0 Å². The second kappa shape index (κ2) is 6.58. The fourth-order valence-electron chi connectivity index (χ4n) is 0.906. The number of nitrogens with zero attached hydrogens (tertiary/aromatic N) is 2.